The first-order valence-electron chi connectivity index (χ1n) is 10.2. The van der Waals surface area contributed by atoms with E-state index in [1.807, 2.05) is 12.1 Å². The predicted molar refractivity (Wildman–Crippen MR) is 117 cm³/mol. The summed E-state index contributed by atoms with van der Waals surface area (Å²) in [5.74, 6) is -0.535. The summed E-state index contributed by atoms with van der Waals surface area (Å²) in [6.07, 6.45) is 5.06. The Kier molecular flexibility index (Phi) is 8.17. The summed E-state index contributed by atoms with van der Waals surface area (Å²) in [6, 6.07) is 8.14. The van der Waals surface area contributed by atoms with E-state index in [-0.39, 0.29) is 5.41 Å². The minimum Gasteiger partial charge on any atom is -0.299 e. The first-order valence-corrected chi connectivity index (χ1v) is 10.2. The molecule has 0 aliphatic rings. The van der Waals surface area contributed by atoms with E-state index in [2.05, 4.69) is 61.8 Å². The zero-order valence-electron chi connectivity index (χ0n) is 18.2. The number of hydrogen-bond donors (Lipinski definition) is 3. The van der Waals surface area contributed by atoms with E-state index < -0.39 is 5.91 Å². The number of aromatic nitrogens is 2. The van der Waals surface area contributed by atoms with E-state index in [1.165, 1.54) is 17.2 Å². The Morgan fingerprint density at radius 3 is 2.52 bits per heavy atom. The molecule has 0 bridgehead atoms. The number of aryl methyl sites for hydroxylation is 1. The van der Waals surface area contributed by atoms with E-state index in [1.54, 1.807) is 11.6 Å². The molecule has 2 rings (SSSR count). The summed E-state index contributed by atoms with van der Waals surface area (Å²) >= 11 is 0. The van der Waals surface area contributed by atoms with Gasteiger partial charge in [-0.1, -0.05) is 52.0 Å². The van der Waals surface area contributed by atoms with Gasteiger partial charge in [0.15, 0.2) is 0 Å². The van der Waals surface area contributed by atoms with Crippen LogP contribution >= 0.6 is 0 Å². The van der Waals surface area contributed by atoms with Crippen LogP contribution in [0.4, 0.5) is 0 Å². The Labute approximate surface area is 174 Å². The number of carbonyl (C=O) groups is 1. The molecular formula is C23H34N4O2. The second-order valence-electron chi connectivity index (χ2n) is 8.50. The van der Waals surface area contributed by atoms with Crippen molar-refractivity contribution in [2.75, 3.05) is 13.1 Å². The van der Waals surface area contributed by atoms with Crippen molar-refractivity contribution < 1.29 is 10.0 Å². The molecule has 2 aromatic rings. The molecule has 0 atom stereocenters. The summed E-state index contributed by atoms with van der Waals surface area (Å²) in [5, 5.41) is 16.2. The molecule has 158 valence electrons. The third kappa shape index (κ3) is 6.84. The van der Waals surface area contributed by atoms with Crippen LogP contribution in [0, 0.1) is 6.92 Å². The number of benzene rings is 1. The normalized spacial score (nSPS) is 12.1. The fourth-order valence-electron chi connectivity index (χ4n) is 3.44. The summed E-state index contributed by atoms with van der Waals surface area (Å²) in [7, 11) is 0. The fourth-order valence-corrected chi connectivity index (χ4v) is 3.44. The molecular weight excluding hydrogens is 364 g/mol. The average molecular weight is 399 g/mol. The molecule has 6 heteroatoms. The Hall–Kier alpha value is -2.44. The maximum Gasteiger partial charge on any atom is 0.267 e. The number of H-pyrrole nitrogens is 1. The second kappa shape index (κ2) is 10.4. The van der Waals surface area contributed by atoms with Crippen LogP contribution in [0.1, 0.15) is 62.2 Å². The van der Waals surface area contributed by atoms with Gasteiger partial charge in [-0.25, -0.2) is 5.48 Å². The number of hydrogen-bond acceptors (Lipinski definition) is 4. The molecule has 0 saturated carbocycles. The van der Waals surface area contributed by atoms with E-state index in [0.717, 1.165) is 49.4 Å². The maximum absolute atomic E-state index is 11.1. The monoisotopic (exact) mass is 398 g/mol. The molecule has 0 saturated heterocycles. The number of rotatable bonds is 9. The fraction of sp³-hybridized carbons (Fsp3) is 0.478. The molecule has 0 spiro atoms. The average Bonchev–Trinajstić information content (AvgIpc) is 3.06. The standard InChI is InChI=1S/C23H34N4O2/c1-6-14-27(15-13-20-17(2)24-25-22(20)23(3,4)5)16-19-9-7-18(8-10-19)11-12-21(28)26-29/h7-12,29H,6,13-16H2,1-5H3,(H,24,25)(H,26,28)/b12-11+. The van der Waals surface area contributed by atoms with Crippen LogP contribution in [0.25, 0.3) is 6.08 Å². The first-order chi connectivity index (χ1) is 13.7. The van der Waals surface area contributed by atoms with Crippen molar-refractivity contribution in [1.29, 1.82) is 0 Å². The first kappa shape index (κ1) is 22.8. The lowest BCUT2D eigenvalue weighted by Crippen LogP contribution is -2.27. The van der Waals surface area contributed by atoms with Crippen LogP contribution in [-0.2, 0) is 23.2 Å². The van der Waals surface area contributed by atoms with Gasteiger partial charge in [-0.05, 0) is 49.1 Å². The Bertz CT molecular complexity index is 816. The lowest BCUT2D eigenvalue weighted by atomic mass is 9.88. The zero-order valence-corrected chi connectivity index (χ0v) is 18.2. The van der Waals surface area contributed by atoms with Crippen LogP contribution in [-0.4, -0.2) is 39.3 Å². The van der Waals surface area contributed by atoms with Crippen LogP contribution in [0.2, 0.25) is 0 Å². The minimum absolute atomic E-state index is 0.0337. The van der Waals surface area contributed by atoms with Gasteiger partial charge in [-0.3, -0.25) is 20.0 Å². The van der Waals surface area contributed by atoms with Crippen LogP contribution in [0.3, 0.4) is 0 Å². The smallest absolute Gasteiger partial charge is 0.267 e. The summed E-state index contributed by atoms with van der Waals surface area (Å²) in [4.78, 5) is 13.6. The predicted octanol–water partition coefficient (Wildman–Crippen LogP) is 3.99. The Morgan fingerprint density at radius 1 is 1.24 bits per heavy atom. The third-order valence-electron chi connectivity index (χ3n) is 4.93. The highest BCUT2D eigenvalue weighted by atomic mass is 16.5. The zero-order chi connectivity index (χ0) is 21.4. The van der Waals surface area contributed by atoms with Gasteiger partial charge in [0.25, 0.3) is 5.91 Å². The number of nitrogens with one attached hydrogen (secondary N) is 2. The summed E-state index contributed by atoms with van der Waals surface area (Å²) < 4.78 is 0. The van der Waals surface area contributed by atoms with E-state index in [9.17, 15) is 4.79 Å². The van der Waals surface area contributed by atoms with Crippen molar-refractivity contribution in [3.05, 3.63) is 58.4 Å². The minimum atomic E-state index is -0.535. The number of carbonyl (C=O) groups excluding carboxylic acids is 1. The van der Waals surface area contributed by atoms with Crippen LogP contribution < -0.4 is 5.48 Å². The molecule has 1 aromatic heterocycles. The van der Waals surface area contributed by atoms with Crippen molar-refractivity contribution in [3.8, 4) is 0 Å². The maximum atomic E-state index is 11.1. The van der Waals surface area contributed by atoms with Crippen LogP contribution in [0.5, 0.6) is 0 Å². The van der Waals surface area contributed by atoms with Gasteiger partial charge < -0.3 is 0 Å². The third-order valence-corrected chi connectivity index (χ3v) is 4.93. The molecule has 6 nitrogen and oxygen atoms in total. The number of aromatic amines is 1. The van der Waals surface area contributed by atoms with E-state index >= 15 is 0 Å². The van der Waals surface area contributed by atoms with Crippen molar-refractivity contribution >= 4 is 12.0 Å². The number of hydroxylamine groups is 1. The number of amides is 1. The quantitative estimate of drug-likeness (QED) is 0.339. The molecule has 0 aliphatic heterocycles. The van der Waals surface area contributed by atoms with Gasteiger partial charge in [0, 0.05) is 30.3 Å². The highest BCUT2D eigenvalue weighted by Gasteiger charge is 2.23. The molecule has 1 aromatic carbocycles. The van der Waals surface area contributed by atoms with Crippen molar-refractivity contribution in [2.24, 2.45) is 0 Å². The Morgan fingerprint density at radius 2 is 1.93 bits per heavy atom. The Balaban J connectivity index is 2.03. The molecule has 0 aliphatic carbocycles. The van der Waals surface area contributed by atoms with Crippen molar-refractivity contribution in [1.82, 2.24) is 20.6 Å². The van der Waals surface area contributed by atoms with Crippen molar-refractivity contribution in [2.45, 2.75) is 59.4 Å². The molecule has 0 fully saturated rings. The highest BCUT2D eigenvalue weighted by molar-refractivity contribution is 5.90. The lowest BCUT2D eigenvalue weighted by molar-refractivity contribution is -0.124. The molecule has 1 amide bonds. The molecule has 0 unspecified atom stereocenters. The second-order valence-corrected chi connectivity index (χ2v) is 8.50. The molecule has 3 N–H and O–H groups in total. The molecule has 29 heavy (non-hydrogen) atoms. The van der Waals surface area contributed by atoms with Crippen LogP contribution in [0.15, 0.2) is 30.3 Å². The van der Waals surface area contributed by atoms with Gasteiger partial charge in [-0.2, -0.15) is 5.10 Å². The summed E-state index contributed by atoms with van der Waals surface area (Å²) in [5.41, 5.74) is 7.44. The SMILES string of the molecule is CCCN(CCc1c(C(C)(C)C)n[nH]c1C)Cc1ccc(/C=C/C(=O)NO)cc1. The highest BCUT2D eigenvalue weighted by Crippen LogP contribution is 2.26. The lowest BCUT2D eigenvalue weighted by Gasteiger charge is -2.23. The summed E-state index contributed by atoms with van der Waals surface area (Å²) in [6.45, 7) is 13.8. The number of nitrogens with zero attached hydrogens (tertiary/aromatic N) is 2. The van der Waals surface area contributed by atoms with Gasteiger partial charge in [-0.15, -0.1) is 0 Å². The van der Waals surface area contributed by atoms with Gasteiger partial charge >= 0.3 is 0 Å². The van der Waals surface area contributed by atoms with E-state index in [4.69, 9.17) is 5.21 Å². The van der Waals surface area contributed by atoms with Crippen molar-refractivity contribution in [3.63, 3.8) is 0 Å². The van der Waals surface area contributed by atoms with Gasteiger partial charge in [0.1, 0.15) is 0 Å². The van der Waals surface area contributed by atoms with E-state index in [0.29, 0.717) is 0 Å². The largest absolute Gasteiger partial charge is 0.299 e. The topological polar surface area (TPSA) is 81.2 Å². The molecule has 0 radical (unpaired) electrons. The van der Waals surface area contributed by atoms with Gasteiger partial charge in [0.05, 0.1) is 5.69 Å². The van der Waals surface area contributed by atoms with Gasteiger partial charge in [0.2, 0.25) is 0 Å². The molecule has 1 heterocycles.